The minimum Gasteiger partial charge on any atom is -0.508 e. The van der Waals surface area contributed by atoms with E-state index >= 15 is 0 Å². The van der Waals surface area contributed by atoms with Crippen molar-refractivity contribution in [2.75, 3.05) is 13.1 Å². The second-order valence-corrected chi connectivity index (χ2v) is 6.14. The van der Waals surface area contributed by atoms with Crippen molar-refractivity contribution >= 4 is 24.0 Å². The first-order chi connectivity index (χ1) is 13.5. The number of nitrogens with one attached hydrogen (secondary N) is 2. The van der Waals surface area contributed by atoms with Gasteiger partial charge in [0.1, 0.15) is 11.5 Å². The van der Waals surface area contributed by atoms with Gasteiger partial charge < -0.3 is 20.8 Å². The minimum absolute atomic E-state index is 0.185. The molecule has 146 valence electrons. The summed E-state index contributed by atoms with van der Waals surface area (Å²) in [6, 6.07) is 13.1. The summed E-state index contributed by atoms with van der Waals surface area (Å²) in [7, 11) is 0. The maximum atomic E-state index is 11.7. The highest BCUT2D eigenvalue weighted by Crippen LogP contribution is 2.11. The first kappa shape index (κ1) is 20.8. The molecule has 0 aliphatic carbocycles. The van der Waals surface area contributed by atoms with E-state index in [2.05, 4.69) is 10.6 Å². The van der Waals surface area contributed by atoms with Gasteiger partial charge in [-0.25, -0.2) is 0 Å². The van der Waals surface area contributed by atoms with Crippen LogP contribution in [-0.2, 0) is 9.59 Å². The number of carbonyl (C=O) groups excluding carboxylic acids is 2. The summed E-state index contributed by atoms with van der Waals surface area (Å²) in [6.07, 6.45) is 7.75. The van der Waals surface area contributed by atoms with E-state index in [0.29, 0.717) is 13.1 Å². The lowest BCUT2D eigenvalue weighted by Gasteiger charge is -2.04. The standard InChI is InChI=1S/C22H24N2O4/c25-19-9-3-17(4-10-19)7-13-21(27)23-15-1-2-16-24-22(28)14-8-18-5-11-20(26)12-6-18/h3-14,25-26H,1-2,15-16H2,(H,23,27)(H,24,28)/b13-7-,14-8+. The Morgan fingerprint density at radius 1 is 0.679 bits per heavy atom. The molecule has 4 N–H and O–H groups in total. The van der Waals surface area contributed by atoms with Crippen molar-refractivity contribution in [3.63, 3.8) is 0 Å². The Balaban J connectivity index is 1.56. The number of rotatable bonds is 9. The van der Waals surface area contributed by atoms with Gasteiger partial charge in [0.2, 0.25) is 11.8 Å². The van der Waals surface area contributed by atoms with E-state index in [-0.39, 0.29) is 23.3 Å². The van der Waals surface area contributed by atoms with E-state index < -0.39 is 0 Å². The van der Waals surface area contributed by atoms with Gasteiger partial charge in [0.15, 0.2) is 0 Å². The predicted octanol–water partition coefficient (Wildman–Crippen LogP) is 2.84. The number of phenols is 2. The van der Waals surface area contributed by atoms with Gasteiger partial charge in [-0.3, -0.25) is 9.59 Å². The quantitative estimate of drug-likeness (QED) is 0.397. The van der Waals surface area contributed by atoms with Crippen molar-refractivity contribution < 1.29 is 19.8 Å². The van der Waals surface area contributed by atoms with Crippen LogP contribution < -0.4 is 10.6 Å². The van der Waals surface area contributed by atoms with Gasteiger partial charge in [-0.2, -0.15) is 0 Å². The predicted molar refractivity (Wildman–Crippen MR) is 110 cm³/mol. The van der Waals surface area contributed by atoms with Gasteiger partial charge in [-0.05, 0) is 60.4 Å². The fourth-order valence-electron chi connectivity index (χ4n) is 2.31. The van der Waals surface area contributed by atoms with E-state index in [1.54, 1.807) is 60.7 Å². The topological polar surface area (TPSA) is 98.7 Å². The number of aromatic hydroxyl groups is 2. The smallest absolute Gasteiger partial charge is 0.243 e. The molecule has 28 heavy (non-hydrogen) atoms. The number of benzene rings is 2. The van der Waals surface area contributed by atoms with Crippen LogP contribution in [-0.4, -0.2) is 35.1 Å². The molecule has 2 aromatic carbocycles. The van der Waals surface area contributed by atoms with E-state index in [9.17, 15) is 19.8 Å². The number of amides is 2. The summed E-state index contributed by atoms with van der Waals surface area (Å²) < 4.78 is 0. The molecule has 0 spiro atoms. The Hall–Kier alpha value is -3.54. The van der Waals surface area contributed by atoms with Crippen molar-refractivity contribution in [2.45, 2.75) is 12.8 Å². The first-order valence-electron chi connectivity index (χ1n) is 9.03. The van der Waals surface area contributed by atoms with Crippen LogP contribution in [0.3, 0.4) is 0 Å². The highest BCUT2D eigenvalue weighted by Gasteiger charge is 1.98. The largest absolute Gasteiger partial charge is 0.508 e. The van der Waals surface area contributed by atoms with Crippen LogP contribution in [0.5, 0.6) is 11.5 Å². The molecule has 0 atom stereocenters. The molecule has 0 heterocycles. The normalized spacial score (nSPS) is 11.0. The van der Waals surface area contributed by atoms with Gasteiger partial charge in [0.05, 0.1) is 0 Å². The fourth-order valence-corrected chi connectivity index (χ4v) is 2.31. The minimum atomic E-state index is -0.186. The number of unbranched alkanes of at least 4 members (excludes halogenated alkanes) is 1. The van der Waals surface area contributed by atoms with Crippen LogP contribution in [0.15, 0.2) is 60.7 Å². The Morgan fingerprint density at radius 3 is 1.39 bits per heavy atom. The fraction of sp³-hybridized carbons (Fsp3) is 0.182. The van der Waals surface area contributed by atoms with E-state index in [0.717, 1.165) is 24.0 Å². The van der Waals surface area contributed by atoms with Crippen molar-refractivity contribution in [1.82, 2.24) is 10.6 Å². The molecule has 0 radical (unpaired) electrons. The lowest BCUT2D eigenvalue weighted by molar-refractivity contribution is -0.117. The zero-order valence-electron chi connectivity index (χ0n) is 15.5. The van der Waals surface area contributed by atoms with Crippen LogP contribution in [0.4, 0.5) is 0 Å². The van der Waals surface area contributed by atoms with Crippen molar-refractivity contribution in [3.05, 3.63) is 71.8 Å². The summed E-state index contributed by atoms with van der Waals surface area (Å²) in [5.41, 5.74) is 1.66. The molecular weight excluding hydrogens is 356 g/mol. The molecule has 2 rings (SSSR count). The van der Waals surface area contributed by atoms with Crippen LogP contribution in [0.2, 0.25) is 0 Å². The number of carbonyl (C=O) groups is 2. The summed E-state index contributed by atoms with van der Waals surface area (Å²) in [5, 5.41) is 24.0. The summed E-state index contributed by atoms with van der Waals surface area (Å²) in [5.74, 6) is -0.00282. The third kappa shape index (κ3) is 8.23. The maximum absolute atomic E-state index is 11.7. The first-order valence-corrected chi connectivity index (χ1v) is 9.03. The molecule has 0 saturated heterocycles. The Morgan fingerprint density at radius 2 is 1.04 bits per heavy atom. The molecule has 0 aliphatic heterocycles. The van der Waals surface area contributed by atoms with Crippen molar-refractivity contribution in [1.29, 1.82) is 0 Å². The third-order valence-corrected chi connectivity index (χ3v) is 3.84. The van der Waals surface area contributed by atoms with E-state index in [1.807, 2.05) is 0 Å². The average molecular weight is 380 g/mol. The van der Waals surface area contributed by atoms with E-state index in [4.69, 9.17) is 0 Å². The maximum Gasteiger partial charge on any atom is 0.243 e. The lowest BCUT2D eigenvalue weighted by Crippen LogP contribution is -2.25. The SMILES string of the molecule is O=C(/C=C\c1ccc(O)cc1)NCCCCNC(=O)/C=C/c1ccc(O)cc1. The Labute approximate surface area is 164 Å². The van der Waals surface area contributed by atoms with Crippen molar-refractivity contribution in [2.24, 2.45) is 0 Å². The highest BCUT2D eigenvalue weighted by atomic mass is 16.3. The Bertz CT molecular complexity index is 753. The van der Waals surface area contributed by atoms with Crippen LogP contribution >= 0.6 is 0 Å². The summed E-state index contributed by atoms with van der Waals surface area (Å²) in [4.78, 5) is 23.4. The Kier molecular flexibility index (Phi) is 8.33. The second kappa shape index (κ2) is 11.2. The van der Waals surface area contributed by atoms with Crippen LogP contribution in [0.25, 0.3) is 12.2 Å². The van der Waals surface area contributed by atoms with Crippen LogP contribution in [0.1, 0.15) is 24.0 Å². The molecule has 0 aromatic heterocycles. The van der Waals surface area contributed by atoms with Gasteiger partial charge >= 0.3 is 0 Å². The molecule has 0 unspecified atom stereocenters. The summed E-state index contributed by atoms with van der Waals surface area (Å²) >= 11 is 0. The molecule has 0 saturated carbocycles. The molecule has 6 nitrogen and oxygen atoms in total. The van der Waals surface area contributed by atoms with Gasteiger partial charge in [-0.15, -0.1) is 0 Å². The second-order valence-electron chi connectivity index (χ2n) is 6.14. The van der Waals surface area contributed by atoms with Gasteiger partial charge in [0.25, 0.3) is 0 Å². The molecule has 0 aliphatic rings. The molecule has 6 heteroatoms. The zero-order valence-corrected chi connectivity index (χ0v) is 15.5. The molecule has 0 bridgehead atoms. The summed E-state index contributed by atoms with van der Waals surface area (Å²) in [6.45, 7) is 1.05. The number of phenolic OH excluding ortho intramolecular Hbond substituents is 2. The van der Waals surface area contributed by atoms with Gasteiger partial charge in [0, 0.05) is 25.2 Å². The monoisotopic (exact) mass is 380 g/mol. The molecule has 2 amide bonds. The van der Waals surface area contributed by atoms with E-state index in [1.165, 1.54) is 12.2 Å². The molecule has 2 aromatic rings. The van der Waals surface area contributed by atoms with Crippen molar-refractivity contribution in [3.8, 4) is 11.5 Å². The number of hydrogen-bond donors (Lipinski definition) is 4. The van der Waals surface area contributed by atoms with Crippen LogP contribution in [0, 0.1) is 0 Å². The molecule has 0 fully saturated rings. The van der Waals surface area contributed by atoms with Gasteiger partial charge in [-0.1, -0.05) is 24.3 Å². The highest BCUT2D eigenvalue weighted by molar-refractivity contribution is 5.92. The average Bonchev–Trinajstić information content (AvgIpc) is 2.69. The zero-order chi connectivity index (χ0) is 20.2. The number of hydrogen-bond acceptors (Lipinski definition) is 4. The molecular formula is C22H24N2O4. The lowest BCUT2D eigenvalue weighted by atomic mass is 10.2. The third-order valence-electron chi connectivity index (χ3n) is 3.84.